The highest BCUT2D eigenvalue weighted by Crippen LogP contribution is 2.70. The number of hydrogen-bond acceptors (Lipinski definition) is 3. The van der Waals surface area contributed by atoms with E-state index in [9.17, 15) is 0 Å². The molecule has 0 N–H and O–H groups in total. The first kappa shape index (κ1) is 25.5. The van der Waals surface area contributed by atoms with E-state index in [1.54, 1.807) is 5.57 Å². The largest absolute Gasteiger partial charge is 0.335 e. The van der Waals surface area contributed by atoms with E-state index >= 15 is 0 Å². The first-order valence-electron chi connectivity index (χ1n) is 14.2. The summed E-state index contributed by atoms with van der Waals surface area (Å²) in [7, 11) is 0. The molecule has 1 aliphatic heterocycles. The summed E-state index contributed by atoms with van der Waals surface area (Å²) in [6.45, 7) is 12.5. The molecule has 0 aromatic heterocycles. The second-order valence-electron chi connectivity index (χ2n) is 13.2. The highest BCUT2D eigenvalue weighted by molar-refractivity contribution is 8.88. The number of rotatable bonds is 7. The molecule has 0 bridgehead atoms. The SMILES string of the molecule is CC(C)CCC[C@@H](C)[C@H]1CC[C@H]2[C@@H]3CC=C4C[C@@H](OP5SCCS5)CC[C@]4(C)[C@H]3CC[C@]12C. The monoisotopic (exact) mass is 508 g/mol. The van der Waals surface area contributed by atoms with Crippen molar-refractivity contribution in [1.29, 1.82) is 0 Å². The van der Waals surface area contributed by atoms with Crippen LogP contribution in [0, 0.1) is 46.3 Å². The minimum Gasteiger partial charge on any atom is -0.335 e. The molecule has 3 saturated carbocycles. The first-order valence-corrected chi connectivity index (χ1v) is 18.7. The Morgan fingerprint density at radius 1 is 1.00 bits per heavy atom. The van der Waals surface area contributed by atoms with Gasteiger partial charge in [0.05, 0.1) is 6.10 Å². The smallest absolute Gasteiger partial charge is 0.152 e. The van der Waals surface area contributed by atoms with Crippen LogP contribution in [0.5, 0.6) is 0 Å². The fourth-order valence-electron chi connectivity index (χ4n) is 9.19. The fraction of sp³-hybridized carbons (Fsp3) is 0.931. The molecule has 1 saturated heterocycles. The highest BCUT2D eigenvalue weighted by atomic mass is 33.1. The molecule has 1 heterocycles. The fourth-order valence-corrected chi connectivity index (χ4v) is 16.3. The maximum Gasteiger partial charge on any atom is 0.152 e. The molecule has 33 heavy (non-hydrogen) atoms. The van der Waals surface area contributed by atoms with Gasteiger partial charge in [-0.3, -0.25) is 0 Å². The molecule has 1 nitrogen and oxygen atoms in total. The van der Waals surface area contributed by atoms with Gasteiger partial charge >= 0.3 is 0 Å². The molecule has 4 heteroatoms. The van der Waals surface area contributed by atoms with Gasteiger partial charge in [0.15, 0.2) is 6.55 Å². The molecule has 0 aromatic carbocycles. The van der Waals surface area contributed by atoms with Gasteiger partial charge in [0.2, 0.25) is 0 Å². The zero-order chi connectivity index (χ0) is 23.2. The molecule has 188 valence electrons. The molecule has 5 aliphatic rings. The normalized spacial score (nSPS) is 44.3. The van der Waals surface area contributed by atoms with Gasteiger partial charge < -0.3 is 4.52 Å². The van der Waals surface area contributed by atoms with Gasteiger partial charge in [0, 0.05) is 11.5 Å². The molecule has 8 atom stereocenters. The molecule has 0 aromatic rings. The van der Waals surface area contributed by atoms with Crippen molar-refractivity contribution in [2.45, 2.75) is 111 Å². The topological polar surface area (TPSA) is 9.23 Å². The van der Waals surface area contributed by atoms with Crippen LogP contribution in [0.2, 0.25) is 0 Å². The lowest BCUT2D eigenvalue weighted by molar-refractivity contribution is -0.0553. The van der Waals surface area contributed by atoms with Crippen molar-refractivity contribution >= 4 is 29.3 Å². The van der Waals surface area contributed by atoms with E-state index in [1.807, 2.05) is 0 Å². The van der Waals surface area contributed by atoms with Crippen LogP contribution in [0.4, 0.5) is 0 Å². The van der Waals surface area contributed by atoms with Gasteiger partial charge in [0.25, 0.3) is 0 Å². The van der Waals surface area contributed by atoms with Crippen LogP contribution < -0.4 is 0 Å². The summed E-state index contributed by atoms with van der Waals surface area (Å²) >= 11 is 4.17. The van der Waals surface area contributed by atoms with Crippen molar-refractivity contribution in [3.05, 3.63) is 11.6 Å². The Hall–Kier alpha value is 0.830. The van der Waals surface area contributed by atoms with Crippen LogP contribution >= 0.6 is 29.3 Å². The quantitative estimate of drug-likeness (QED) is 0.250. The zero-order valence-corrected chi connectivity index (χ0v) is 24.5. The molecular weight excluding hydrogens is 459 g/mol. The Morgan fingerprint density at radius 2 is 1.79 bits per heavy atom. The van der Waals surface area contributed by atoms with Crippen LogP contribution in [0.25, 0.3) is 0 Å². The average Bonchev–Trinajstić information content (AvgIpc) is 3.40. The van der Waals surface area contributed by atoms with Crippen LogP contribution in [-0.2, 0) is 4.52 Å². The maximum absolute atomic E-state index is 6.60. The lowest BCUT2D eigenvalue weighted by atomic mass is 9.47. The molecule has 0 spiro atoms. The number of allylic oxidation sites excluding steroid dienone is 1. The van der Waals surface area contributed by atoms with Gasteiger partial charge in [0.1, 0.15) is 0 Å². The van der Waals surface area contributed by atoms with Crippen LogP contribution in [0.15, 0.2) is 11.6 Å². The Kier molecular flexibility index (Phi) is 7.95. The minimum absolute atomic E-state index is 0.253. The van der Waals surface area contributed by atoms with E-state index in [4.69, 9.17) is 4.52 Å². The van der Waals surface area contributed by atoms with Crippen molar-refractivity contribution in [3.8, 4) is 0 Å². The minimum atomic E-state index is -0.253. The van der Waals surface area contributed by atoms with Crippen molar-refractivity contribution in [1.82, 2.24) is 0 Å². The molecule has 4 fully saturated rings. The highest BCUT2D eigenvalue weighted by Gasteiger charge is 2.59. The standard InChI is InChI=1S/C29H49OPS2/c1-20(2)7-6-8-21(3)25-11-12-26-24-10-9-22-19-23(30-31-32-17-18-33-31)13-15-28(22,4)27(24)14-16-29(25,26)5/h9,20-21,23-27H,6-8,10-19H2,1-5H3/t21-,23+,24+,25-,26+,27+,28+,29-/m1/s1. The summed E-state index contributed by atoms with van der Waals surface area (Å²) in [6.07, 6.45) is 18.8. The van der Waals surface area contributed by atoms with E-state index in [0.717, 1.165) is 35.5 Å². The molecule has 4 aliphatic carbocycles. The zero-order valence-electron chi connectivity index (χ0n) is 22.0. The lowest BCUT2D eigenvalue weighted by Gasteiger charge is -2.58. The van der Waals surface area contributed by atoms with Gasteiger partial charge in [-0.05, 0) is 97.7 Å². The predicted octanol–water partition coefficient (Wildman–Crippen LogP) is 10.1. The third kappa shape index (κ3) is 4.90. The Labute approximate surface area is 214 Å². The van der Waals surface area contributed by atoms with E-state index < -0.39 is 0 Å². The van der Waals surface area contributed by atoms with Crippen molar-refractivity contribution < 1.29 is 4.52 Å². The lowest BCUT2D eigenvalue weighted by Crippen LogP contribution is -2.50. The first-order chi connectivity index (χ1) is 15.8. The second-order valence-corrected chi connectivity index (χ2v) is 19.4. The number of hydrogen-bond donors (Lipinski definition) is 0. The predicted molar refractivity (Wildman–Crippen MR) is 150 cm³/mol. The maximum atomic E-state index is 6.60. The summed E-state index contributed by atoms with van der Waals surface area (Å²) in [5.41, 5.74) is 2.87. The average molecular weight is 509 g/mol. The van der Waals surface area contributed by atoms with Crippen LogP contribution in [0.1, 0.15) is 105 Å². The van der Waals surface area contributed by atoms with Gasteiger partial charge in [-0.15, -0.1) is 0 Å². The van der Waals surface area contributed by atoms with Gasteiger partial charge in [-0.25, -0.2) is 0 Å². The summed E-state index contributed by atoms with van der Waals surface area (Å²) in [5, 5.41) is 0. The Bertz CT molecular complexity index is 718. The molecule has 0 amide bonds. The number of fused-ring (bicyclic) bond motifs is 5. The van der Waals surface area contributed by atoms with Gasteiger partial charge in [-0.2, -0.15) is 0 Å². The van der Waals surface area contributed by atoms with E-state index in [-0.39, 0.29) is 6.55 Å². The Balaban J connectivity index is 1.26. The molecular formula is C29H49OPS2. The molecule has 0 radical (unpaired) electrons. The third-order valence-electron chi connectivity index (χ3n) is 11.0. The van der Waals surface area contributed by atoms with Crippen LogP contribution in [-0.4, -0.2) is 17.6 Å². The third-order valence-corrected chi connectivity index (χ3v) is 17.7. The van der Waals surface area contributed by atoms with Crippen LogP contribution in [0.3, 0.4) is 0 Å². The van der Waals surface area contributed by atoms with E-state index in [1.165, 1.54) is 82.1 Å². The van der Waals surface area contributed by atoms with E-state index in [2.05, 4.69) is 63.5 Å². The van der Waals surface area contributed by atoms with Crippen molar-refractivity contribution in [2.24, 2.45) is 46.3 Å². The van der Waals surface area contributed by atoms with Gasteiger partial charge in [-0.1, -0.05) is 88.3 Å². The second kappa shape index (κ2) is 10.3. The summed E-state index contributed by atoms with van der Waals surface area (Å²) < 4.78 is 6.60. The molecule has 5 rings (SSSR count). The summed E-state index contributed by atoms with van der Waals surface area (Å²) in [6, 6.07) is 0. The Morgan fingerprint density at radius 3 is 2.55 bits per heavy atom. The van der Waals surface area contributed by atoms with E-state index in [0.29, 0.717) is 16.9 Å². The van der Waals surface area contributed by atoms with Crippen molar-refractivity contribution in [3.63, 3.8) is 0 Å². The summed E-state index contributed by atoms with van der Waals surface area (Å²) in [5.74, 6) is 8.21. The molecule has 0 unspecified atom stereocenters. The summed E-state index contributed by atoms with van der Waals surface area (Å²) in [4.78, 5) is 0. The van der Waals surface area contributed by atoms with Crippen molar-refractivity contribution in [2.75, 3.05) is 11.5 Å².